The zero-order chi connectivity index (χ0) is 25.3. The van der Waals surface area contributed by atoms with Crippen LogP contribution in [0.5, 0.6) is 0 Å². The number of Topliss-reactive ketones (excluding diaryl/α,β-unsaturated/α-hetero) is 1. The predicted molar refractivity (Wildman–Crippen MR) is 134 cm³/mol. The third-order valence-corrected chi connectivity index (χ3v) is 7.66. The van der Waals surface area contributed by atoms with Crippen LogP contribution >= 0.6 is 0 Å². The van der Waals surface area contributed by atoms with Crippen molar-refractivity contribution >= 4 is 22.8 Å². The normalized spacial score (nSPS) is 31.1. The van der Waals surface area contributed by atoms with E-state index < -0.39 is 17.5 Å². The standard InChI is InChI=1S/C28H38N2O5/c1-17-13-19(16-31)7-6-8-23-25(34-23)15-24(35-26(32)11-12-28(3,4)27(17)33)20-9-10-22-21(14-20)29-18(2)30(22)5/h9-12,14,17,19,23-25,31H,6-8,13,15-16H2,1-5H3/b12-11+/t17-,19+,23+,24+,25+/m1/s1. The molecule has 0 unspecified atom stereocenters. The van der Waals surface area contributed by atoms with Crippen molar-refractivity contribution in [2.24, 2.45) is 24.3 Å². The molecule has 1 aromatic heterocycles. The zero-order valence-corrected chi connectivity index (χ0v) is 21.5. The molecule has 4 rings (SSSR count). The Labute approximate surface area is 207 Å². The zero-order valence-electron chi connectivity index (χ0n) is 21.5. The SMILES string of the molecule is Cc1nc2cc([C@@H]3C[C@@H]4O[C@H]4CCC[C@H](CO)C[C@@H](C)C(=O)C(C)(C)/C=C/C(=O)O3)ccc2n1C. The van der Waals surface area contributed by atoms with E-state index in [1.54, 1.807) is 6.08 Å². The van der Waals surface area contributed by atoms with Crippen LogP contribution in [0.2, 0.25) is 0 Å². The van der Waals surface area contributed by atoms with E-state index >= 15 is 0 Å². The van der Waals surface area contributed by atoms with Crippen LogP contribution in [0.25, 0.3) is 11.0 Å². The van der Waals surface area contributed by atoms with Gasteiger partial charge < -0.3 is 19.1 Å². The van der Waals surface area contributed by atoms with Crippen molar-refractivity contribution in [3.05, 3.63) is 41.7 Å². The summed E-state index contributed by atoms with van der Waals surface area (Å²) >= 11 is 0. The number of nitrogens with zero attached hydrogens (tertiary/aromatic N) is 2. The molecule has 2 aliphatic rings. The fraction of sp³-hybridized carbons (Fsp3) is 0.607. The number of imidazole rings is 1. The summed E-state index contributed by atoms with van der Waals surface area (Å²) in [5.74, 6) is 0.388. The maximum Gasteiger partial charge on any atom is 0.331 e. The van der Waals surface area contributed by atoms with E-state index in [-0.39, 0.29) is 36.4 Å². The fourth-order valence-electron chi connectivity index (χ4n) is 5.31. The second-order valence-corrected chi connectivity index (χ2v) is 10.9. The number of carbonyl (C=O) groups excluding carboxylic acids is 2. The molecule has 190 valence electrons. The van der Waals surface area contributed by atoms with Crippen LogP contribution in [-0.4, -0.2) is 45.2 Å². The van der Waals surface area contributed by atoms with Gasteiger partial charge in [0.05, 0.1) is 23.2 Å². The third kappa shape index (κ3) is 5.84. The third-order valence-electron chi connectivity index (χ3n) is 7.66. The van der Waals surface area contributed by atoms with Crippen molar-refractivity contribution in [1.82, 2.24) is 9.55 Å². The average Bonchev–Trinajstić information content (AvgIpc) is 3.50. The molecule has 5 atom stereocenters. The second-order valence-electron chi connectivity index (χ2n) is 10.9. The molecule has 3 heterocycles. The van der Waals surface area contributed by atoms with Gasteiger partial charge in [0.15, 0.2) is 0 Å². The molecule has 0 amide bonds. The Balaban J connectivity index is 1.60. The van der Waals surface area contributed by atoms with Crippen LogP contribution in [-0.2, 0) is 26.1 Å². The number of aliphatic hydroxyl groups excluding tert-OH is 1. The summed E-state index contributed by atoms with van der Waals surface area (Å²) in [6.45, 7) is 7.60. The highest BCUT2D eigenvalue weighted by atomic mass is 16.6. The molecular formula is C28H38N2O5. The highest BCUT2D eigenvalue weighted by Crippen LogP contribution is 2.38. The van der Waals surface area contributed by atoms with Crippen molar-refractivity contribution in [1.29, 1.82) is 0 Å². The Morgan fingerprint density at radius 3 is 2.69 bits per heavy atom. The average molecular weight is 483 g/mol. The molecule has 7 heteroatoms. The second kappa shape index (κ2) is 10.2. The largest absolute Gasteiger partial charge is 0.454 e. The summed E-state index contributed by atoms with van der Waals surface area (Å²) < 4.78 is 13.9. The smallest absolute Gasteiger partial charge is 0.331 e. The number of esters is 1. The molecule has 2 aliphatic heterocycles. The van der Waals surface area contributed by atoms with Crippen LogP contribution in [0.1, 0.15) is 70.4 Å². The first-order valence-electron chi connectivity index (χ1n) is 12.7. The number of aliphatic hydroxyl groups is 1. The molecule has 0 radical (unpaired) electrons. The molecule has 7 nitrogen and oxygen atoms in total. The van der Waals surface area contributed by atoms with Crippen molar-refractivity contribution in [2.75, 3.05) is 6.61 Å². The summed E-state index contributed by atoms with van der Waals surface area (Å²) in [5, 5.41) is 9.85. The number of allylic oxidation sites excluding steroid dienone is 1. The number of ketones is 1. The molecule has 0 saturated carbocycles. The summed E-state index contributed by atoms with van der Waals surface area (Å²) in [5.41, 5.74) is 1.97. The Bertz CT molecular complexity index is 1120. The van der Waals surface area contributed by atoms with E-state index in [9.17, 15) is 14.7 Å². The highest BCUT2D eigenvalue weighted by molar-refractivity contribution is 5.90. The minimum Gasteiger partial charge on any atom is -0.454 e. The molecular weight excluding hydrogens is 444 g/mol. The van der Waals surface area contributed by atoms with Gasteiger partial charge in [0.2, 0.25) is 0 Å². The number of carbonyl (C=O) groups is 2. The minimum atomic E-state index is -0.805. The van der Waals surface area contributed by atoms with Crippen LogP contribution < -0.4 is 0 Å². The number of fused-ring (bicyclic) bond motifs is 2. The minimum absolute atomic E-state index is 0.0374. The van der Waals surface area contributed by atoms with Crippen LogP contribution in [0.4, 0.5) is 0 Å². The van der Waals surface area contributed by atoms with Crippen molar-refractivity contribution in [3.63, 3.8) is 0 Å². The van der Waals surface area contributed by atoms with E-state index in [1.807, 2.05) is 57.5 Å². The first kappa shape index (κ1) is 25.6. The van der Waals surface area contributed by atoms with Crippen molar-refractivity contribution in [2.45, 2.75) is 78.1 Å². The van der Waals surface area contributed by atoms with E-state index in [2.05, 4.69) is 4.98 Å². The van der Waals surface area contributed by atoms with E-state index in [0.29, 0.717) is 12.8 Å². The quantitative estimate of drug-likeness (QED) is 0.497. The van der Waals surface area contributed by atoms with Gasteiger partial charge in [-0.1, -0.05) is 25.5 Å². The molecule has 2 aromatic rings. The Kier molecular flexibility index (Phi) is 7.48. The molecule has 1 saturated heterocycles. The van der Waals surface area contributed by atoms with E-state index in [0.717, 1.165) is 41.7 Å². The van der Waals surface area contributed by atoms with E-state index in [1.165, 1.54) is 6.08 Å². The van der Waals surface area contributed by atoms with Crippen molar-refractivity contribution < 1.29 is 24.2 Å². The number of hydrogen-bond donors (Lipinski definition) is 1. The summed E-state index contributed by atoms with van der Waals surface area (Å²) in [6.07, 6.45) is 6.64. The maximum absolute atomic E-state index is 13.1. The lowest BCUT2D eigenvalue weighted by Crippen LogP contribution is -2.30. The number of aromatic nitrogens is 2. The summed E-state index contributed by atoms with van der Waals surface area (Å²) in [4.78, 5) is 30.6. The molecule has 35 heavy (non-hydrogen) atoms. The molecule has 1 aromatic carbocycles. The molecule has 0 aliphatic carbocycles. The van der Waals surface area contributed by atoms with Crippen LogP contribution in [0.15, 0.2) is 30.4 Å². The predicted octanol–water partition coefficient (Wildman–Crippen LogP) is 4.59. The van der Waals surface area contributed by atoms with Gasteiger partial charge >= 0.3 is 5.97 Å². The molecule has 0 bridgehead atoms. The molecule has 1 fully saturated rings. The van der Waals surface area contributed by atoms with Crippen molar-refractivity contribution in [3.8, 4) is 0 Å². The Hall–Kier alpha value is -2.51. The van der Waals surface area contributed by atoms with Gasteiger partial charge in [-0.25, -0.2) is 9.78 Å². The van der Waals surface area contributed by atoms with Crippen LogP contribution in [0, 0.1) is 24.2 Å². The van der Waals surface area contributed by atoms with Gasteiger partial charge in [-0.15, -0.1) is 0 Å². The molecule has 0 spiro atoms. The lowest BCUT2D eigenvalue weighted by molar-refractivity contribution is -0.144. The number of epoxide rings is 1. The monoisotopic (exact) mass is 482 g/mol. The topological polar surface area (TPSA) is 94.0 Å². The first-order chi connectivity index (χ1) is 16.6. The summed E-state index contributed by atoms with van der Waals surface area (Å²) in [7, 11) is 1.98. The number of hydrogen-bond acceptors (Lipinski definition) is 6. The van der Waals surface area contributed by atoms with E-state index in [4.69, 9.17) is 9.47 Å². The summed E-state index contributed by atoms with van der Waals surface area (Å²) in [6, 6.07) is 5.99. The maximum atomic E-state index is 13.1. The number of benzene rings is 1. The Morgan fingerprint density at radius 2 is 1.94 bits per heavy atom. The van der Waals surface area contributed by atoms with Gasteiger partial charge in [-0.3, -0.25) is 4.79 Å². The lowest BCUT2D eigenvalue weighted by atomic mass is 9.78. The lowest BCUT2D eigenvalue weighted by Gasteiger charge is -2.26. The number of aryl methyl sites for hydroxylation is 2. The van der Waals surface area contributed by atoms with Gasteiger partial charge in [-0.2, -0.15) is 0 Å². The van der Waals surface area contributed by atoms with Gasteiger partial charge in [0.25, 0.3) is 0 Å². The first-order valence-corrected chi connectivity index (χ1v) is 12.7. The molecule has 1 N–H and O–H groups in total. The Morgan fingerprint density at radius 1 is 1.17 bits per heavy atom. The fourth-order valence-corrected chi connectivity index (χ4v) is 5.31. The number of rotatable bonds is 2. The van der Waals surface area contributed by atoms with Gasteiger partial charge in [0, 0.05) is 37.5 Å². The van der Waals surface area contributed by atoms with Crippen LogP contribution in [0.3, 0.4) is 0 Å². The van der Waals surface area contributed by atoms with Gasteiger partial charge in [-0.05, 0) is 63.6 Å². The number of cyclic esters (lactones) is 1. The highest BCUT2D eigenvalue weighted by Gasteiger charge is 2.41. The number of ether oxygens (including phenoxy) is 2. The van der Waals surface area contributed by atoms with Gasteiger partial charge in [0.1, 0.15) is 17.7 Å².